The highest BCUT2D eigenvalue weighted by Gasteiger charge is 2.26. The molecular formula is C15H19ClFNO2. The molecule has 1 fully saturated rings. The van der Waals surface area contributed by atoms with Crippen LogP contribution < -0.4 is 4.74 Å². The topological polar surface area (TPSA) is 29.5 Å². The molecule has 110 valence electrons. The van der Waals surface area contributed by atoms with E-state index in [1.54, 1.807) is 0 Å². The first-order valence-electron chi connectivity index (χ1n) is 6.95. The molecule has 3 nitrogen and oxygen atoms in total. The Kier molecular flexibility index (Phi) is 5.24. The number of hydrogen-bond donors (Lipinski definition) is 0. The molecule has 1 aromatic carbocycles. The fraction of sp³-hybridized carbons (Fsp3) is 0.533. The van der Waals surface area contributed by atoms with Gasteiger partial charge in [-0.25, -0.2) is 4.39 Å². The average Bonchev–Trinajstić information content (AvgIpc) is 3.23. The summed E-state index contributed by atoms with van der Waals surface area (Å²) >= 11 is 5.67. The van der Waals surface area contributed by atoms with Crippen molar-refractivity contribution >= 4 is 17.5 Å². The van der Waals surface area contributed by atoms with E-state index in [4.69, 9.17) is 16.3 Å². The maximum atomic E-state index is 13.0. The molecule has 0 spiro atoms. The number of benzene rings is 1. The molecule has 0 aromatic heterocycles. The monoisotopic (exact) mass is 299 g/mol. The standard InChI is InChI=1S/C15H19ClFNO2/c1-2-7-18(9-11-3-4-11)15(19)10-20-12-5-6-14(17)13(16)8-12/h5-6,8,11H,2-4,7,9-10H2,1H3. The van der Waals surface area contributed by atoms with Gasteiger partial charge in [-0.05, 0) is 37.3 Å². The highest BCUT2D eigenvalue weighted by Crippen LogP contribution is 2.29. The smallest absolute Gasteiger partial charge is 0.260 e. The van der Waals surface area contributed by atoms with Crippen LogP contribution in [0.25, 0.3) is 0 Å². The summed E-state index contributed by atoms with van der Waals surface area (Å²) in [6, 6.07) is 4.09. The van der Waals surface area contributed by atoms with E-state index in [0.29, 0.717) is 11.7 Å². The minimum atomic E-state index is -0.494. The molecule has 0 saturated heterocycles. The van der Waals surface area contributed by atoms with E-state index in [2.05, 4.69) is 0 Å². The fourth-order valence-electron chi connectivity index (χ4n) is 2.00. The van der Waals surface area contributed by atoms with Crippen LogP contribution in [0.4, 0.5) is 4.39 Å². The second kappa shape index (κ2) is 6.93. The van der Waals surface area contributed by atoms with Gasteiger partial charge in [-0.1, -0.05) is 18.5 Å². The second-order valence-electron chi connectivity index (χ2n) is 5.15. The Labute approximate surface area is 123 Å². The molecule has 0 heterocycles. The summed E-state index contributed by atoms with van der Waals surface area (Å²) in [7, 11) is 0. The number of ether oxygens (including phenoxy) is 1. The number of halogens is 2. The van der Waals surface area contributed by atoms with Crippen molar-refractivity contribution in [2.24, 2.45) is 5.92 Å². The van der Waals surface area contributed by atoms with E-state index in [1.807, 2.05) is 11.8 Å². The minimum absolute atomic E-state index is 0.00153. The van der Waals surface area contributed by atoms with Gasteiger partial charge in [0, 0.05) is 19.2 Å². The summed E-state index contributed by atoms with van der Waals surface area (Å²) in [4.78, 5) is 14.0. The van der Waals surface area contributed by atoms with Crippen molar-refractivity contribution in [2.75, 3.05) is 19.7 Å². The van der Waals surface area contributed by atoms with Crippen LogP contribution in [0.1, 0.15) is 26.2 Å². The summed E-state index contributed by atoms with van der Waals surface area (Å²) < 4.78 is 18.4. The Morgan fingerprint density at radius 3 is 2.85 bits per heavy atom. The lowest BCUT2D eigenvalue weighted by molar-refractivity contribution is -0.133. The molecule has 1 amide bonds. The Hall–Kier alpha value is -1.29. The maximum absolute atomic E-state index is 13.0. The second-order valence-corrected chi connectivity index (χ2v) is 5.55. The summed E-state index contributed by atoms with van der Waals surface area (Å²) in [5.41, 5.74) is 0. The van der Waals surface area contributed by atoms with Crippen LogP contribution in [-0.2, 0) is 4.79 Å². The summed E-state index contributed by atoms with van der Waals surface area (Å²) in [5, 5.41) is -0.00153. The molecule has 1 aliphatic rings. The van der Waals surface area contributed by atoms with Gasteiger partial charge in [-0.15, -0.1) is 0 Å². The molecule has 5 heteroatoms. The molecular weight excluding hydrogens is 281 g/mol. The molecule has 0 aliphatic heterocycles. The molecule has 0 N–H and O–H groups in total. The summed E-state index contributed by atoms with van der Waals surface area (Å²) in [5.74, 6) is 0.546. The lowest BCUT2D eigenvalue weighted by Gasteiger charge is -2.22. The highest BCUT2D eigenvalue weighted by molar-refractivity contribution is 6.30. The molecule has 20 heavy (non-hydrogen) atoms. The number of carbonyl (C=O) groups excluding carboxylic acids is 1. The van der Waals surface area contributed by atoms with Gasteiger partial charge in [-0.2, -0.15) is 0 Å². The van der Waals surface area contributed by atoms with Gasteiger partial charge >= 0.3 is 0 Å². The lowest BCUT2D eigenvalue weighted by atomic mass is 10.3. The van der Waals surface area contributed by atoms with Crippen molar-refractivity contribution in [1.29, 1.82) is 0 Å². The van der Waals surface area contributed by atoms with Crippen molar-refractivity contribution < 1.29 is 13.9 Å². The molecule has 0 atom stereocenters. The quantitative estimate of drug-likeness (QED) is 0.771. The Morgan fingerprint density at radius 1 is 1.50 bits per heavy atom. The largest absolute Gasteiger partial charge is 0.484 e. The summed E-state index contributed by atoms with van der Waals surface area (Å²) in [6.45, 7) is 3.59. The van der Waals surface area contributed by atoms with Crippen molar-refractivity contribution in [3.05, 3.63) is 29.0 Å². The van der Waals surface area contributed by atoms with E-state index in [0.717, 1.165) is 19.5 Å². The van der Waals surface area contributed by atoms with E-state index < -0.39 is 5.82 Å². The zero-order valence-corrected chi connectivity index (χ0v) is 12.3. The van der Waals surface area contributed by atoms with Crippen LogP contribution in [0.3, 0.4) is 0 Å². The van der Waals surface area contributed by atoms with E-state index in [9.17, 15) is 9.18 Å². The lowest BCUT2D eigenvalue weighted by Crippen LogP contribution is -2.37. The maximum Gasteiger partial charge on any atom is 0.260 e. The molecule has 1 aliphatic carbocycles. The van der Waals surface area contributed by atoms with Gasteiger partial charge in [-0.3, -0.25) is 4.79 Å². The van der Waals surface area contributed by atoms with Crippen LogP contribution in [0.5, 0.6) is 5.75 Å². The number of hydrogen-bond acceptors (Lipinski definition) is 2. The van der Waals surface area contributed by atoms with Crippen LogP contribution in [0.15, 0.2) is 18.2 Å². The molecule has 2 rings (SSSR count). The van der Waals surface area contributed by atoms with Crippen molar-refractivity contribution in [3.63, 3.8) is 0 Å². The van der Waals surface area contributed by atoms with Gasteiger partial charge in [0.15, 0.2) is 6.61 Å². The number of rotatable bonds is 7. The van der Waals surface area contributed by atoms with Gasteiger partial charge < -0.3 is 9.64 Å². The van der Waals surface area contributed by atoms with Crippen molar-refractivity contribution in [1.82, 2.24) is 4.90 Å². The zero-order chi connectivity index (χ0) is 14.5. The van der Waals surface area contributed by atoms with E-state index in [1.165, 1.54) is 31.0 Å². The predicted octanol–water partition coefficient (Wildman–Crippen LogP) is 3.51. The third-order valence-electron chi connectivity index (χ3n) is 3.28. The third-order valence-corrected chi connectivity index (χ3v) is 3.56. The Balaban J connectivity index is 1.86. The third kappa shape index (κ3) is 4.37. The van der Waals surface area contributed by atoms with Gasteiger partial charge in [0.25, 0.3) is 5.91 Å². The number of amides is 1. The number of nitrogens with zero attached hydrogens (tertiary/aromatic N) is 1. The molecule has 1 saturated carbocycles. The summed E-state index contributed by atoms with van der Waals surface area (Å²) in [6.07, 6.45) is 3.35. The first-order valence-corrected chi connectivity index (χ1v) is 7.33. The van der Waals surface area contributed by atoms with Crippen molar-refractivity contribution in [3.8, 4) is 5.75 Å². The number of carbonyl (C=O) groups is 1. The van der Waals surface area contributed by atoms with Crippen LogP contribution in [0.2, 0.25) is 5.02 Å². The highest BCUT2D eigenvalue weighted by atomic mass is 35.5. The Bertz CT molecular complexity index is 477. The van der Waals surface area contributed by atoms with E-state index in [-0.39, 0.29) is 17.5 Å². The van der Waals surface area contributed by atoms with Crippen LogP contribution >= 0.6 is 11.6 Å². The first-order chi connectivity index (χ1) is 9.60. The predicted molar refractivity (Wildman–Crippen MR) is 76.5 cm³/mol. The van der Waals surface area contributed by atoms with Gasteiger partial charge in [0.1, 0.15) is 11.6 Å². The SMILES string of the molecule is CCCN(CC1CC1)C(=O)COc1ccc(F)c(Cl)c1. The van der Waals surface area contributed by atoms with Gasteiger partial charge in [0.05, 0.1) is 5.02 Å². The minimum Gasteiger partial charge on any atom is -0.484 e. The van der Waals surface area contributed by atoms with Crippen LogP contribution in [0, 0.1) is 11.7 Å². The molecule has 0 bridgehead atoms. The molecule has 1 aromatic rings. The fourth-order valence-corrected chi connectivity index (χ4v) is 2.17. The molecule has 0 unspecified atom stereocenters. The normalized spacial score (nSPS) is 14.2. The average molecular weight is 300 g/mol. The first kappa shape index (κ1) is 15.1. The molecule has 0 radical (unpaired) electrons. The zero-order valence-electron chi connectivity index (χ0n) is 11.6. The van der Waals surface area contributed by atoms with E-state index >= 15 is 0 Å². The van der Waals surface area contributed by atoms with Crippen molar-refractivity contribution in [2.45, 2.75) is 26.2 Å². The van der Waals surface area contributed by atoms with Crippen LogP contribution in [-0.4, -0.2) is 30.5 Å². The Morgan fingerprint density at radius 2 is 2.25 bits per heavy atom. The van der Waals surface area contributed by atoms with Gasteiger partial charge in [0.2, 0.25) is 0 Å².